The molecule has 1 unspecified atom stereocenters. The smallest absolute Gasteiger partial charge is 0.417 e. The van der Waals surface area contributed by atoms with E-state index in [1.54, 1.807) is 14.1 Å². The van der Waals surface area contributed by atoms with Gasteiger partial charge in [0.2, 0.25) is 0 Å². The van der Waals surface area contributed by atoms with E-state index < -0.39 is 29.1 Å². The van der Waals surface area contributed by atoms with E-state index in [1.807, 2.05) is 31.5 Å². The van der Waals surface area contributed by atoms with E-state index in [1.165, 1.54) is 34.6 Å². The molecular formula is C23H27F4N3OS. The van der Waals surface area contributed by atoms with Crippen LogP contribution in [0.25, 0.3) is 22.0 Å². The van der Waals surface area contributed by atoms with Gasteiger partial charge < -0.3 is 9.12 Å². The molecule has 1 heterocycles. The van der Waals surface area contributed by atoms with Gasteiger partial charge in [0.05, 0.1) is 12.1 Å². The second-order valence-electron chi connectivity index (χ2n) is 9.12. The third kappa shape index (κ3) is 5.46. The predicted molar refractivity (Wildman–Crippen MR) is 120 cm³/mol. The van der Waals surface area contributed by atoms with Crippen LogP contribution in [-0.2, 0) is 30.8 Å². The fraction of sp³-hybridized carbons (Fsp3) is 0.391. The fourth-order valence-corrected chi connectivity index (χ4v) is 4.14. The topological polar surface area (TPSA) is 43.3 Å². The summed E-state index contributed by atoms with van der Waals surface area (Å²) in [7, 11) is 3.33. The predicted octanol–water partition coefficient (Wildman–Crippen LogP) is 5.74. The lowest BCUT2D eigenvalue weighted by atomic mass is 9.96. The molecule has 4 nitrogen and oxygen atoms in total. The molecule has 0 aliphatic heterocycles. The summed E-state index contributed by atoms with van der Waals surface area (Å²) in [6.07, 6.45) is -2.76. The minimum Gasteiger partial charge on any atom is -0.579 e. The molecule has 3 aromatic rings. The Morgan fingerprint density at radius 1 is 1.06 bits per heavy atom. The van der Waals surface area contributed by atoms with E-state index in [4.69, 9.17) is 0 Å². The lowest BCUT2D eigenvalue weighted by Gasteiger charge is -2.20. The highest BCUT2D eigenvalue weighted by atomic mass is 32.2. The van der Waals surface area contributed by atoms with Crippen LogP contribution in [0.4, 0.5) is 17.6 Å². The van der Waals surface area contributed by atoms with Gasteiger partial charge in [0.15, 0.2) is 0 Å². The number of aromatic nitrogens is 1. The van der Waals surface area contributed by atoms with Crippen molar-refractivity contribution in [2.75, 3.05) is 14.1 Å². The molecule has 0 saturated heterocycles. The Labute approximate surface area is 188 Å². The van der Waals surface area contributed by atoms with E-state index in [0.717, 1.165) is 6.07 Å². The molecule has 0 radical (unpaired) electrons. The first-order valence-corrected chi connectivity index (χ1v) is 11.2. The summed E-state index contributed by atoms with van der Waals surface area (Å²) >= 11 is -1.42. The van der Waals surface area contributed by atoms with Crippen LogP contribution < -0.4 is 4.72 Å². The molecule has 32 heavy (non-hydrogen) atoms. The number of hydrogen-bond acceptors (Lipinski definition) is 3. The fourth-order valence-electron chi connectivity index (χ4n) is 3.61. The van der Waals surface area contributed by atoms with Crippen molar-refractivity contribution in [1.82, 2.24) is 13.6 Å². The van der Waals surface area contributed by atoms with Gasteiger partial charge >= 0.3 is 6.18 Å². The zero-order chi connectivity index (χ0) is 23.8. The van der Waals surface area contributed by atoms with Crippen LogP contribution in [0.5, 0.6) is 0 Å². The van der Waals surface area contributed by atoms with Gasteiger partial charge in [-0.05, 0) is 34.7 Å². The Morgan fingerprint density at radius 2 is 1.72 bits per heavy atom. The van der Waals surface area contributed by atoms with Gasteiger partial charge in [-0.2, -0.15) is 13.2 Å². The monoisotopic (exact) mass is 469 g/mol. The highest BCUT2D eigenvalue weighted by Gasteiger charge is 2.34. The number of fused-ring (bicyclic) bond motifs is 1. The number of rotatable bonds is 6. The van der Waals surface area contributed by atoms with Gasteiger partial charge in [0, 0.05) is 43.3 Å². The number of benzene rings is 2. The first-order chi connectivity index (χ1) is 14.8. The van der Waals surface area contributed by atoms with E-state index in [2.05, 4.69) is 4.72 Å². The number of nitrogens with one attached hydrogen (secondary N) is 1. The third-order valence-electron chi connectivity index (χ3n) is 4.94. The van der Waals surface area contributed by atoms with Gasteiger partial charge in [0.1, 0.15) is 17.4 Å². The average molecular weight is 470 g/mol. The maximum absolute atomic E-state index is 15.2. The van der Waals surface area contributed by atoms with Gasteiger partial charge in [-0.15, -0.1) is 9.03 Å². The number of halogens is 4. The molecule has 3 rings (SSSR count). The molecule has 0 aliphatic carbocycles. The lowest BCUT2D eigenvalue weighted by molar-refractivity contribution is -0.137. The zero-order valence-electron chi connectivity index (χ0n) is 18.7. The minimum atomic E-state index is -4.60. The molecule has 2 aromatic carbocycles. The van der Waals surface area contributed by atoms with Gasteiger partial charge in [0.25, 0.3) is 0 Å². The molecule has 0 bridgehead atoms. The first-order valence-electron chi connectivity index (χ1n) is 10.1. The number of alkyl halides is 3. The SMILES string of the molecule is CN(C)[S+]([O-])NCc1cn(CC(C)(C)C)c2cc(-c3ccccc3C(F)(F)F)c(F)cc12. The van der Waals surface area contributed by atoms with Crippen LogP contribution in [-0.4, -0.2) is 27.5 Å². The van der Waals surface area contributed by atoms with Crippen LogP contribution >= 0.6 is 0 Å². The minimum absolute atomic E-state index is 0.102. The highest BCUT2D eigenvalue weighted by molar-refractivity contribution is 7.87. The molecule has 0 aliphatic rings. The van der Waals surface area contributed by atoms with Crippen molar-refractivity contribution in [2.45, 2.75) is 40.0 Å². The van der Waals surface area contributed by atoms with Crippen molar-refractivity contribution in [3.05, 3.63) is 59.5 Å². The van der Waals surface area contributed by atoms with Crippen LogP contribution in [0.2, 0.25) is 0 Å². The van der Waals surface area contributed by atoms with Crippen molar-refractivity contribution < 1.29 is 22.1 Å². The molecule has 0 fully saturated rings. The quantitative estimate of drug-likeness (QED) is 0.370. The van der Waals surface area contributed by atoms with Crippen molar-refractivity contribution in [2.24, 2.45) is 5.41 Å². The van der Waals surface area contributed by atoms with Crippen LogP contribution in [0.15, 0.2) is 42.6 Å². The first kappa shape index (κ1) is 24.6. The number of hydrogen-bond donors (Lipinski definition) is 1. The van der Waals surface area contributed by atoms with Crippen molar-refractivity contribution in [1.29, 1.82) is 0 Å². The van der Waals surface area contributed by atoms with E-state index >= 15 is 4.39 Å². The van der Waals surface area contributed by atoms with Gasteiger partial charge in [-0.1, -0.05) is 39.0 Å². The average Bonchev–Trinajstić information content (AvgIpc) is 2.99. The molecule has 1 aromatic heterocycles. The maximum Gasteiger partial charge on any atom is 0.417 e. The van der Waals surface area contributed by atoms with Crippen LogP contribution in [0.3, 0.4) is 0 Å². The van der Waals surface area contributed by atoms with E-state index in [0.29, 0.717) is 23.0 Å². The summed E-state index contributed by atoms with van der Waals surface area (Å²) in [4.78, 5) is 0. The van der Waals surface area contributed by atoms with Crippen molar-refractivity contribution in [3.8, 4) is 11.1 Å². The Hall–Kier alpha value is -2.07. The second-order valence-corrected chi connectivity index (χ2v) is 10.6. The molecule has 0 spiro atoms. The summed E-state index contributed by atoms with van der Waals surface area (Å²) in [5.74, 6) is -0.738. The zero-order valence-corrected chi connectivity index (χ0v) is 19.5. The van der Waals surface area contributed by atoms with Gasteiger partial charge in [-0.25, -0.2) is 4.39 Å². The lowest BCUT2D eigenvalue weighted by Crippen LogP contribution is -2.35. The summed E-state index contributed by atoms with van der Waals surface area (Å²) < 4.78 is 74.2. The van der Waals surface area contributed by atoms with Crippen molar-refractivity contribution >= 4 is 22.5 Å². The molecule has 174 valence electrons. The third-order valence-corrected chi connectivity index (χ3v) is 5.99. The van der Waals surface area contributed by atoms with Crippen LogP contribution in [0.1, 0.15) is 31.9 Å². The van der Waals surface area contributed by atoms with E-state index in [9.17, 15) is 17.7 Å². The maximum atomic E-state index is 15.2. The van der Waals surface area contributed by atoms with E-state index in [-0.39, 0.29) is 23.1 Å². The normalized spacial score (nSPS) is 13.8. The molecule has 0 amide bonds. The Kier molecular flexibility index (Phi) is 6.95. The summed E-state index contributed by atoms with van der Waals surface area (Å²) in [5, 5.41) is 0.572. The number of nitrogens with zero attached hydrogens (tertiary/aromatic N) is 2. The highest BCUT2D eigenvalue weighted by Crippen LogP contribution is 2.39. The van der Waals surface area contributed by atoms with Crippen molar-refractivity contribution in [3.63, 3.8) is 0 Å². The Balaban J connectivity index is 2.17. The molecular weight excluding hydrogens is 442 g/mol. The van der Waals surface area contributed by atoms with Gasteiger partial charge in [-0.3, -0.25) is 0 Å². The summed E-state index contributed by atoms with van der Waals surface area (Å²) in [6, 6.07) is 7.75. The van der Waals surface area contributed by atoms with Crippen LogP contribution in [0, 0.1) is 11.2 Å². The standard InChI is InChI=1S/C23H27F4N3OS/c1-22(2,3)14-30-13-15(12-28-32(31)29(4)5)17-10-20(24)18(11-21(17)30)16-8-6-7-9-19(16)23(25,26)27/h6-11,13,28H,12,14H2,1-5H3. The molecule has 0 saturated carbocycles. The molecule has 1 N–H and O–H groups in total. The second kappa shape index (κ2) is 9.05. The Morgan fingerprint density at radius 3 is 2.31 bits per heavy atom. The Bertz CT molecular complexity index is 1100. The molecule has 9 heteroatoms. The molecule has 1 atom stereocenters. The largest absolute Gasteiger partial charge is 0.579 e. The summed E-state index contributed by atoms with van der Waals surface area (Å²) in [6.45, 7) is 6.92. The summed E-state index contributed by atoms with van der Waals surface area (Å²) in [5.41, 5.74) is 0.0400.